The molecule has 0 aliphatic carbocycles. The van der Waals surface area contributed by atoms with E-state index in [-0.39, 0.29) is 28.4 Å². The van der Waals surface area contributed by atoms with Crippen LogP contribution in [0.2, 0.25) is 5.02 Å². The summed E-state index contributed by atoms with van der Waals surface area (Å²) in [5.74, 6) is -5.19. The zero-order valence-electron chi connectivity index (χ0n) is 18.5. The van der Waals surface area contributed by atoms with E-state index in [1.807, 2.05) is 0 Å². The van der Waals surface area contributed by atoms with Crippen molar-refractivity contribution in [2.24, 2.45) is 11.8 Å². The summed E-state index contributed by atoms with van der Waals surface area (Å²) in [6, 6.07) is 13.0. The lowest BCUT2D eigenvalue weighted by atomic mass is 9.76. The summed E-state index contributed by atoms with van der Waals surface area (Å²) in [5.41, 5.74) is -0.253. The number of carbonyl (C=O) groups excluding carboxylic acids is 3. The quantitative estimate of drug-likeness (QED) is 0.470. The van der Waals surface area contributed by atoms with Crippen LogP contribution >= 0.6 is 11.6 Å². The number of amides is 3. The molecule has 3 aromatic rings. The minimum atomic E-state index is -1.69. The van der Waals surface area contributed by atoms with Crippen molar-refractivity contribution in [2.45, 2.75) is 18.0 Å². The Kier molecular flexibility index (Phi) is 4.93. The molecule has 1 spiro atoms. The molecular formula is C26H18ClF2N3O4. The third kappa shape index (κ3) is 3.09. The van der Waals surface area contributed by atoms with Gasteiger partial charge in [0.2, 0.25) is 17.7 Å². The monoisotopic (exact) mass is 509 g/mol. The van der Waals surface area contributed by atoms with Gasteiger partial charge in [-0.1, -0.05) is 23.7 Å². The van der Waals surface area contributed by atoms with Crippen LogP contribution in [0.1, 0.15) is 11.1 Å². The van der Waals surface area contributed by atoms with E-state index < -0.39 is 52.8 Å². The molecule has 3 heterocycles. The number of hydrogen-bond donors (Lipinski definition) is 3. The number of nitrogens with zero attached hydrogens (tertiary/aromatic N) is 1. The molecule has 0 aromatic heterocycles. The smallest absolute Gasteiger partial charge is 0.250 e. The molecule has 3 aliphatic rings. The summed E-state index contributed by atoms with van der Waals surface area (Å²) >= 11 is 5.92. The molecule has 3 N–H and O–H groups in total. The predicted molar refractivity (Wildman–Crippen MR) is 126 cm³/mol. The van der Waals surface area contributed by atoms with Gasteiger partial charge in [-0.15, -0.1) is 0 Å². The van der Waals surface area contributed by atoms with Gasteiger partial charge in [0.15, 0.2) is 0 Å². The third-order valence-corrected chi connectivity index (χ3v) is 7.52. The Bertz CT molecular complexity index is 1460. The van der Waals surface area contributed by atoms with E-state index in [1.54, 1.807) is 12.1 Å². The van der Waals surface area contributed by atoms with Crippen LogP contribution in [0.15, 0.2) is 60.7 Å². The SMILES string of the molecule is O=C1[C@H]2[C@@H](C(=O)N1c1ccc(F)c(Cl)c1)[C@]1(N[C@@H]2Cc2ccc(O)cc2)C(=O)Nc2ccc(F)cc21. The normalized spacial score (nSPS) is 26.5. The second kappa shape index (κ2) is 7.84. The molecule has 0 bridgehead atoms. The highest BCUT2D eigenvalue weighted by atomic mass is 35.5. The van der Waals surface area contributed by atoms with Gasteiger partial charge in [0.25, 0.3) is 0 Å². The first kappa shape index (κ1) is 22.6. The molecule has 36 heavy (non-hydrogen) atoms. The van der Waals surface area contributed by atoms with Crippen molar-refractivity contribution >= 4 is 40.7 Å². The summed E-state index contributed by atoms with van der Waals surface area (Å²) in [6.07, 6.45) is 0.248. The second-order valence-corrected chi connectivity index (χ2v) is 9.59. The third-order valence-electron chi connectivity index (χ3n) is 7.23. The molecule has 7 nitrogen and oxygen atoms in total. The highest BCUT2D eigenvalue weighted by Crippen LogP contribution is 2.54. The van der Waals surface area contributed by atoms with Crippen LogP contribution in [-0.2, 0) is 26.3 Å². The van der Waals surface area contributed by atoms with Gasteiger partial charge in [-0.25, -0.2) is 13.7 Å². The van der Waals surface area contributed by atoms with Crippen molar-refractivity contribution in [3.05, 3.63) is 88.4 Å². The van der Waals surface area contributed by atoms with Gasteiger partial charge in [0.05, 0.1) is 22.5 Å². The van der Waals surface area contributed by atoms with Gasteiger partial charge < -0.3 is 10.4 Å². The van der Waals surface area contributed by atoms with E-state index in [1.165, 1.54) is 42.5 Å². The molecule has 6 rings (SSSR count). The van der Waals surface area contributed by atoms with E-state index >= 15 is 0 Å². The number of nitrogens with one attached hydrogen (secondary N) is 2. The van der Waals surface area contributed by atoms with Gasteiger partial charge in [-0.2, -0.15) is 0 Å². The first-order valence-corrected chi connectivity index (χ1v) is 11.6. The Balaban J connectivity index is 1.50. The predicted octanol–water partition coefficient (Wildman–Crippen LogP) is 3.49. The maximum atomic E-state index is 14.3. The zero-order chi connectivity index (χ0) is 25.4. The lowest BCUT2D eigenvalue weighted by molar-refractivity contribution is -0.130. The minimum absolute atomic E-state index is 0.0681. The average molecular weight is 510 g/mol. The average Bonchev–Trinajstić information content (AvgIpc) is 3.42. The highest BCUT2D eigenvalue weighted by Gasteiger charge is 2.70. The number of carbonyl (C=O) groups is 3. The molecule has 4 atom stereocenters. The van der Waals surface area contributed by atoms with Crippen LogP contribution < -0.4 is 15.5 Å². The van der Waals surface area contributed by atoms with E-state index in [2.05, 4.69) is 10.6 Å². The summed E-state index contributed by atoms with van der Waals surface area (Å²) in [4.78, 5) is 42.0. The lowest BCUT2D eigenvalue weighted by Crippen LogP contribution is -2.53. The molecule has 10 heteroatoms. The van der Waals surface area contributed by atoms with Crippen LogP contribution in [-0.4, -0.2) is 28.9 Å². The molecule has 3 aliphatic heterocycles. The van der Waals surface area contributed by atoms with Gasteiger partial charge in [-0.3, -0.25) is 19.7 Å². The lowest BCUT2D eigenvalue weighted by Gasteiger charge is -2.29. The fraction of sp³-hybridized carbons (Fsp3) is 0.192. The van der Waals surface area contributed by atoms with Crippen molar-refractivity contribution in [3.8, 4) is 5.75 Å². The van der Waals surface area contributed by atoms with Crippen molar-refractivity contribution in [1.82, 2.24) is 5.32 Å². The van der Waals surface area contributed by atoms with Gasteiger partial charge in [0.1, 0.15) is 22.9 Å². The Morgan fingerprint density at radius 1 is 0.972 bits per heavy atom. The summed E-state index contributed by atoms with van der Waals surface area (Å²) in [5, 5.41) is 15.3. The number of phenolic OH excluding ortho intramolecular Hbond substituents is 1. The number of phenols is 1. The van der Waals surface area contributed by atoms with Crippen LogP contribution in [0, 0.1) is 23.5 Å². The number of rotatable bonds is 3. The van der Waals surface area contributed by atoms with Crippen LogP contribution in [0.4, 0.5) is 20.2 Å². The van der Waals surface area contributed by atoms with Crippen LogP contribution in [0.25, 0.3) is 0 Å². The fourth-order valence-corrected chi connectivity index (χ4v) is 5.89. The number of imide groups is 1. The maximum absolute atomic E-state index is 14.3. The van der Waals surface area contributed by atoms with E-state index in [9.17, 15) is 28.3 Å². The van der Waals surface area contributed by atoms with Crippen molar-refractivity contribution in [1.29, 1.82) is 0 Å². The molecule has 0 saturated carbocycles. The number of fused-ring (bicyclic) bond motifs is 4. The van der Waals surface area contributed by atoms with Gasteiger partial charge >= 0.3 is 0 Å². The van der Waals surface area contributed by atoms with Crippen molar-refractivity contribution in [3.63, 3.8) is 0 Å². The van der Waals surface area contributed by atoms with Crippen molar-refractivity contribution < 1.29 is 28.3 Å². The molecule has 3 aromatic carbocycles. The molecule has 0 radical (unpaired) electrons. The first-order chi connectivity index (χ1) is 17.2. The highest BCUT2D eigenvalue weighted by molar-refractivity contribution is 6.32. The Morgan fingerprint density at radius 2 is 1.72 bits per heavy atom. The van der Waals surface area contributed by atoms with E-state index in [0.717, 1.165) is 16.5 Å². The Hall–Kier alpha value is -3.82. The number of benzene rings is 3. The maximum Gasteiger partial charge on any atom is 0.250 e. The zero-order valence-corrected chi connectivity index (χ0v) is 19.2. The number of hydrogen-bond acceptors (Lipinski definition) is 5. The molecular weight excluding hydrogens is 492 g/mol. The Morgan fingerprint density at radius 3 is 2.44 bits per heavy atom. The summed E-state index contributed by atoms with van der Waals surface area (Å²) < 4.78 is 28.1. The standard InChI is InChI=1S/C26H18ClF2N3O4/c27-17-11-14(4-7-18(17)29)32-23(34)21-20(9-12-1-5-15(33)6-2-12)31-26(22(21)24(32)35)16-10-13(28)3-8-19(16)30-25(26)36/h1-8,10-11,20-22,31,33H,9H2,(H,30,36)/t20-,21-,22+,26+/m1/s1. The van der Waals surface area contributed by atoms with E-state index in [0.29, 0.717) is 5.69 Å². The molecule has 3 amide bonds. The Labute approximate surface area is 208 Å². The largest absolute Gasteiger partial charge is 0.508 e. The number of halogens is 3. The van der Waals surface area contributed by atoms with Gasteiger partial charge in [0, 0.05) is 17.3 Å². The van der Waals surface area contributed by atoms with E-state index in [4.69, 9.17) is 11.6 Å². The number of aromatic hydroxyl groups is 1. The van der Waals surface area contributed by atoms with Crippen LogP contribution in [0.3, 0.4) is 0 Å². The summed E-state index contributed by atoms with van der Waals surface area (Å²) in [7, 11) is 0. The summed E-state index contributed by atoms with van der Waals surface area (Å²) in [6.45, 7) is 0. The van der Waals surface area contributed by atoms with Crippen LogP contribution in [0.5, 0.6) is 5.75 Å². The van der Waals surface area contributed by atoms with Gasteiger partial charge in [-0.05, 0) is 60.5 Å². The minimum Gasteiger partial charge on any atom is -0.508 e. The molecule has 2 fully saturated rings. The van der Waals surface area contributed by atoms with Crippen molar-refractivity contribution in [2.75, 3.05) is 10.2 Å². The number of anilines is 2. The topological polar surface area (TPSA) is 98.7 Å². The molecule has 182 valence electrons. The first-order valence-electron chi connectivity index (χ1n) is 11.2. The fourth-order valence-electron chi connectivity index (χ4n) is 5.71. The second-order valence-electron chi connectivity index (χ2n) is 9.19. The molecule has 2 saturated heterocycles. The molecule has 0 unspecified atom stereocenters.